The van der Waals surface area contributed by atoms with Gasteiger partial charge in [0.25, 0.3) is 0 Å². The molecule has 0 atom stereocenters. The summed E-state index contributed by atoms with van der Waals surface area (Å²) in [5.74, 6) is -0.152. The second-order valence-electron chi connectivity index (χ2n) is 12.6. The van der Waals surface area contributed by atoms with Gasteiger partial charge in [0.1, 0.15) is 18.8 Å². The van der Waals surface area contributed by atoms with E-state index < -0.39 is 29.9 Å². The van der Waals surface area contributed by atoms with Gasteiger partial charge >= 0.3 is 24.3 Å². The Morgan fingerprint density at radius 1 is 0.708 bits per heavy atom. The quantitative estimate of drug-likeness (QED) is 0.151. The summed E-state index contributed by atoms with van der Waals surface area (Å²) >= 11 is 0. The third kappa shape index (κ3) is 10.5. The standard InChI is InChI=1S/C37H46N4O7/c1-37(2,3)48-34(43)39-21-13-6-14-23-41(33(42)38-22-24-40(4)35(44)46-25-27-15-7-5-8-16-27)36(45)47-26-32-30-19-11-9-17-28(30)29-18-10-12-20-31(29)32/h5,7-12,15-20,32H,6,13-14,21-26H2,1-4H3,(H,38,42)(H,39,43). The Morgan fingerprint density at radius 2 is 1.33 bits per heavy atom. The number of carbonyl (C=O) groups excluding carboxylic acids is 4. The van der Waals surface area contributed by atoms with Crippen LogP contribution in [0, 0.1) is 0 Å². The Hall–Kier alpha value is -5.06. The van der Waals surface area contributed by atoms with Gasteiger partial charge in [0.15, 0.2) is 0 Å². The molecule has 1 aliphatic rings. The minimum Gasteiger partial charge on any atom is -0.448 e. The minimum absolute atomic E-state index is 0.0758. The maximum Gasteiger partial charge on any atom is 0.418 e. The average molecular weight is 659 g/mol. The molecule has 1 aliphatic carbocycles. The molecule has 0 unspecified atom stereocenters. The molecule has 5 amide bonds. The molecule has 11 nitrogen and oxygen atoms in total. The zero-order valence-corrected chi connectivity index (χ0v) is 28.2. The van der Waals surface area contributed by atoms with Gasteiger partial charge in [-0.1, -0.05) is 78.9 Å². The lowest BCUT2D eigenvalue weighted by Crippen LogP contribution is -2.47. The van der Waals surface area contributed by atoms with Crippen LogP contribution in [0.15, 0.2) is 78.9 Å². The number of ether oxygens (including phenoxy) is 3. The number of hydrogen-bond acceptors (Lipinski definition) is 7. The molecule has 0 saturated heterocycles. The van der Waals surface area contributed by atoms with Gasteiger partial charge in [-0.2, -0.15) is 0 Å². The number of benzene rings is 3. The SMILES string of the molecule is CN(CCNC(=O)N(CCCCCNC(=O)OC(C)(C)C)C(=O)OCC1c2ccccc2-c2ccccc21)C(=O)OCc1ccccc1. The van der Waals surface area contributed by atoms with Crippen molar-refractivity contribution in [1.82, 2.24) is 20.4 Å². The number of likely N-dealkylation sites (N-methyl/N-ethyl adjacent to an activating group) is 1. The summed E-state index contributed by atoms with van der Waals surface area (Å²) < 4.78 is 16.4. The third-order valence-corrected chi connectivity index (χ3v) is 7.77. The molecule has 0 radical (unpaired) electrons. The Bertz CT molecular complexity index is 1490. The number of nitrogens with zero attached hydrogens (tertiary/aromatic N) is 2. The molecule has 4 rings (SSSR count). The van der Waals surface area contributed by atoms with E-state index >= 15 is 0 Å². The average Bonchev–Trinajstić information content (AvgIpc) is 3.38. The molecule has 0 heterocycles. The molecule has 0 aromatic heterocycles. The van der Waals surface area contributed by atoms with Crippen molar-refractivity contribution in [2.45, 2.75) is 58.2 Å². The number of urea groups is 1. The first-order valence-electron chi connectivity index (χ1n) is 16.3. The first-order chi connectivity index (χ1) is 23.0. The Labute approximate surface area is 282 Å². The fraction of sp³-hybridized carbons (Fsp3) is 0.405. The van der Waals surface area contributed by atoms with Crippen LogP contribution in [0.2, 0.25) is 0 Å². The number of amides is 5. The van der Waals surface area contributed by atoms with Crippen LogP contribution in [-0.2, 0) is 20.8 Å². The molecule has 0 fully saturated rings. The smallest absolute Gasteiger partial charge is 0.418 e. The van der Waals surface area contributed by atoms with E-state index in [1.807, 2.05) is 66.7 Å². The zero-order chi connectivity index (χ0) is 34.5. The molecule has 256 valence electrons. The van der Waals surface area contributed by atoms with E-state index in [9.17, 15) is 19.2 Å². The van der Waals surface area contributed by atoms with Gasteiger partial charge < -0.3 is 29.7 Å². The van der Waals surface area contributed by atoms with Crippen molar-refractivity contribution >= 4 is 24.3 Å². The van der Waals surface area contributed by atoms with E-state index in [0.29, 0.717) is 25.8 Å². The van der Waals surface area contributed by atoms with Crippen LogP contribution in [0.25, 0.3) is 11.1 Å². The predicted octanol–water partition coefficient (Wildman–Crippen LogP) is 6.91. The van der Waals surface area contributed by atoms with Gasteiger partial charge in [-0.3, -0.25) is 0 Å². The first kappa shape index (κ1) is 35.8. The van der Waals surface area contributed by atoms with Crippen molar-refractivity contribution < 1.29 is 33.4 Å². The van der Waals surface area contributed by atoms with Crippen molar-refractivity contribution in [2.75, 3.05) is 39.8 Å². The van der Waals surface area contributed by atoms with Crippen LogP contribution in [0.1, 0.15) is 62.6 Å². The van der Waals surface area contributed by atoms with Crippen molar-refractivity contribution in [3.8, 4) is 11.1 Å². The fourth-order valence-corrected chi connectivity index (χ4v) is 5.37. The van der Waals surface area contributed by atoms with Crippen LogP contribution in [-0.4, -0.2) is 79.5 Å². The number of unbranched alkanes of at least 4 members (excludes halogenated alkanes) is 2. The molecule has 2 N–H and O–H groups in total. The van der Waals surface area contributed by atoms with E-state index in [4.69, 9.17) is 14.2 Å². The highest BCUT2D eigenvalue weighted by molar-refractivity contribution is 5.91. The second kappa shape index (κ2) is 17.2. The third-order valence-electron chi connectivity index (χ3n) is 7.77. The van der Waals surface area contributed by atoms with Crippen molar-refractivity contribution in [1.29, 1.82) is 0 Å². The van der Waals surface area contributed by atoms with Gasteiger partial charge in [-0.25, -0.2) is 24.1 Å². The first-order valence-corrected chi connectivity index (χ1v) is 16.3. The predicted molar refractivity (Wildman–Crippen MR) is 183 cm³/mol. The molecular formula is C37H46N4O7. The Balaban J connectivity index is 1.30. The van der Waals surface area contributed by atoms with E-state index in [-0.39, 0.29) is 38.8 Å². The molecular weight excluding hydrogens is 612 g/mol. The second-order valence-corrected chi connectivity index (χ2v) is 12.6. The monoisotopic (exact) mass is 658 g/mol. The number of carbonyl (C=O) groups is 4. The number of imide groups is 1. The lowest BCUT2D eigenvalue weighted by Gasteiger charge is -2.23. The molecule has 0 bridgehead atoms. The highest BCUT2D eigenvalue weighted by Crippen LogP contribution is 2.44. The van der Waals surface area contributed by atoms with Gasteiger partial charge in [-0.05, 0) is 67.9 Å². The highest BCUT2D eigenvalue weighted by atomic mass is 16.6. The molecule has 11 heteroatoms. The summed E-state index contributed by atoms with van der Waals surface area (Å²) in [5.41, 5.74) is 4.64. The normalized spacial score (nSPS) is 11.9. The number of hydrogen-bond donors (Lipinski definition) is 2. The summed E-state index contributed by atoms with van der Waals surface area (Å²) in [7, 11) is 1.58. The zero-order valence-electron chi connectivity index (χ0n) is 28.2. The number of fused-ring (bicyclic) bond motifs is 3. The molecule has 3 aromatic carbocycles. The summed E-state index contributed by atoms with van der Waals surface area (Å²) in [4.78, 5) is 53.5. The summed E-state index contributed by atoms with van der Waals surface area (Å²) in [6.45, 7) is 6.40. The topological polar surface area (TPSA) is 127 Å². The summed E-state index contributed by atoms with van der Waals surface area (Å²) in [6, 6.07) is 24.8. The molecule has 48 heavy (non-hydrogen) atoms. The maximum atomic E-state index is 13.4. The molecule has 3 aromatic rings. The summed E-state index contributed by atoms with van der Waals surface area (Å²) in [5, 5.41) is 5.45. The number of nitrogens with one attached hydrogen (secondary N) is 2. The van der Waals surface area contributed by atoms with E-state index in [2.05, 4.69) is 22.8 Å². The van der Waals surface area contributed by atoms with Crippen molar-refractivity contribution in [3.63, 3.8) is 0 Å². The van der Waals surface area contributed by atoms with E-state index in [0.717, 1.165) is 32.7 Å². The highest BCUT2D eigenvalue weighted by Gasteiger charge is 2.31. The van der Waals surface area contributed by atoms with Gasteiger partial charge in [0, 0.05) is 39.1 Å². The van der Waals surface area contributed by atoms with Crippen LogP contribution < -0.4 is 10.6 Å². The molecule has 0 spiro atoms. The van der Waals surface area contributed by atoms with Crippen LogP contribution in [0.5, 0.6) is 0 Å². The van der Waals surface area contributed by atoms with Crippen LogP contribution >= 0.6 is 0 Å². The summed E-state index contributed by atoms with van der Waals surface area (Å²) in [6.07, 6.45) is 0.00954. The van der Waals surface area contributed by atoms with Crippen LogP contribution in [0.3, 0.4) is 0 Å². The molecule has 0 aliphatic heterocycles. The van der Waals surface area contributed by atoms with Gasteiger partial charge in [0.2, 0.25) is 0 Å². The van der Waals surface area contributed by atoms with Gasteiger partial charge in [-0.15, -0.1) is 0 Å². The lowest BCUT2D eigenvalue weighted by atomic mass is 9.98. The Kier molecular flexibility index (Phi) is 12.8. The number of rotatable bonds is 13. The van der Waals surface area contributed by atoms with E-state index in [1.54, 1.807) is 27.8 Å². The van der Waals surface area contributed by atoms with E-state index in [1.165, 1.54) is 4.90 Å². The number of alkyl carbamates (subject to hydrolysis) is 1. The Morgan fingerprint density at radius 3 is 1.98 bits per heavy atom. The van der Waals surface area contributed by atoms with Crippen molar-refractivity contribution in [3.05, 3.63) is 95.6 Å². The van der Waals surface area contributed by atoms with Crippen LogP contribution in [0.4, 0.5) is 19.2 Å². The maximum absolute atomic E-state index is 13.4. The van der Waals surface area contributed by atoms with Crippen molar-refractivity contribution in [2.24, 2.45) is 0 Å². The van der Waals surface area contributed by atoms with Gasteiger partial charge in [0.05, 0.1) is 0 Å². The molecule has 0 saturated carbocycles. The minimum atomic E-state index is -0.753. The lowest BCUT2D eigenvalue weighted by molar-refractivity contribution is 0.0526. The largest absolute Gasteiger partial charge is 0.448 e. The fourth-order valence-electron chi connectivity index (χ4n) is 5.37.